The molecule has 0 radical (unpaired) electrons. The SMILES string of the molecule is N#Cc1c(/N=C/c2cc(I)cc(I)c2OCc2ccc(Cl)cc2Cl)sc2c1CCCC2. The molecule has 1 aliphatic rings. The van der Waals surface area contributed by atoms with E-state index in [1.807, 2.05) is 12.1 Å². The number of ether oxygens (including phenoxy) is 1. The molecule has 0 saturated carbocycles. The molecule has 0 spiro atoms. The molecule has 3 aromatic rings. The molecule has 3 nitrogen and oxygen atoms in total. The molecule has 0 saturated heterocycles. The van der Waals surface area contributed by atoms with Crippen LogP contribution in [0.25, 0.3) is 0 Å². The number of rotatable bonds is 5. The van der Waals surface area contributed by atoms with Gasteiger partial charge in [-0.2, -0.15) is 5.26 Å². The lowest BCUT2D eigenvalue weighted by Crippen LogP contribution is -2.02. The van der Waals surface area contributed by atoms with Crippen LogP contribution < -0.4 is 4.74 Å². The van der Waals surface area contributed by atoms with Gasteiger partial charge in [0.15, 0.2) is 0 Å². The Bertz CT molecular complexity index is 1220. The minimum atomic E-state index is 0.324. The summed E-state index contributed by atoms with van der Waals surface area (Å²) in [7, 11) is 0. The second-order valence-electron chi connectivity index (χ2n) is 7.09. The Hall–Kier alpha value is -0.860. The predicted octanol–water partition coefficient (Wildman–Crippen LogP) is 8.34. The fourth-order valence-corrected chi connectivity index (χ4v) is 7.19. The normalized spacial score (nSPS) is 13.3. The lowest BCUT2D eigenvalue weighted by atomic mass is 9.96. The highest BCUT2D eigenvalue weighted by Crippen LogP contribution is 2.39. The van der Waals surface area contributed by atoms with Crippen molar-refractivity contribution in [3.05, 3.63) is 74.6 Å². The number of hydrogen-bond donors (Lipinski definition) is 0. The van der Waals surface area contributed by atoms with Crippen LogP contribution >= 0.6 is 79.7 Å². The summed E-state index contributed by atoms with van der Waals surface area (Å²) in [6, 6.07) is 11.8. The molecule has 0 N–H and O–H groups in total. The third-order valence-electron chi connectivity index (χ3n) is 5.01. The lowest BCUT2D eigenvalue weighted by molar-refractivity contribution is 0.303. The van der Waals surface area contributed by atoms with E-state index in [2.05, 4.69) is 57.3 Å². The van der Waals surface area contributed by atoms with Crippen molar-refractivity contribution in [1.29, 1.82) is 5.26 Å². The third-order valence-corrected chi connectivity index (χ3v) is 8.22. The maximum Gasteiger partial charge on any atom is 0.141 e. The minimum absolute atomic E-state index is 0.324. The molecule has 8 heteroatoms. The first kappa shape index (κ1) is 23.3. The summed E-state index contributed by atoms with van der Waals surface area (Å²) in [5, 5.41) is 11.6. The minimum Gasteiger partial charge on any atom is -0.487 e. The summed E-state index contributed by atoms with van der Waals surface area (Å²) in [5.74, 6) is 0.746. The zero-order valence-electron chi connectivity index (χ0n) is 16.2. The maximum absolute atomic E-state index is 9.69. The number of aryl methyl sites for hydroxylation is 1. The van der Waals surface area contributed by atoms with Gasteiger partial charge in [0.25, 0.3) is 0 Å². The van der Waals surface area contributed by atoms with Gasteiger partial charge in [0.1, 0.15) is 23.4 Å². The number of hydrogen-bond acceptors (Lipinski definition) is 4. The van der Waals surface area contributed by atoms with Crippen LogP contribution in [-0.4, -0.2) is 6.21 Å². The lowest BCUT2D eigenvalue weighted by Gasteiger charge is -2.13. The first-order chi connectivity index (χ1) is 15.0. The number of nitriles is 1. The van der Waals surface area contributed by atoms with Gasteiger partial charge in [-0.05, 0) is 101 Å². The molecule has 31 heavy (non-hydrogen) atoms. The maximum atomic E-state index is 9.69. The van der Waals surface area contributed by atoms with Crippen molar-refractivity contribution in [3.8, 4) is 11.8 Å². The van der Waals surface area contributed by atoms with Crippen LogP contribution in [0.1, 0.15) is 40.0 Å². The van der Waals surface area contributed by atoms with Crippen molar-refractivity contribution < 1.29 is 4.74 Å². The molecule has 0 atom stereocenters. The van der Waals surface area contributed by atoms with Crippen LogP contribution in [0, 0.1) is 18.5 Å². The van der Waals surface area contributed by atoms with Gasteiger partial charge in [-0.1, -0.05) is 29.3 Å². The predicted molar refractivity (Wildman–Crippen MR) is 146 cm³/mol. The molecule has 1 aliphatic carbocycles. The average molecular weight is 693 g/mol. The molecule has 0 fully saturated rings. The number of fused-ring (bicyclic) bond motifs is 1. The zero-order valence-corrected chi connectivity index (χ0v) is 22.9. The van der Waals surface area contributed by atoms with Crippen molar-refractivity contribution in [3.63, 3.8) is 0 Å². The van der Waals surface area contributed by atoms with E-state index in [0.717, 1.165) is 53.8 Å². The Labute approximate surface area is 222 Å². The Morgan fingerprint density at radius 1 is 1.16 bits per heavy atom. The summed E-state index contributed by atoms with van der Waals surface area (Å²) in [4.78, 5) is 6.03. The van der Waals surface area contributed by atoms with Crippen LogP contribution in [-0.2, 0) is 19.4 Å². The van der Waals surface area contributed by atoms with Crippen molar-refractivity contribution >= 4 is 90.9 Å². The number of thiophene rings is 1. The Morgan fingerprint density at radius 3 is 2.74 bits per heavy atom. The van der Waals surface area contributed by atoms with Gasteiger partial charge in [-0.25, -0.2) is 4.99 Å². The van der Waals surface area contributed by atoms with E-state index < -0.39 is 0 Å². The highest BCUT2D eigenvalue weighted by atomic mass is 127. The summed E-state index contributed by atoms with van der Waals surface area (Å²) in [6.07, 6.45) is 6.15. The van der Waals surface area contributed by atoms with Gasteiger partial charge in [0.05, 0.1) is 9.13 Å². The van der Waals surface area contributed by atoms with Crippen molar-refractivity contribution in [1.82, 2.24) is 0 Å². The van der Waals surface area contributed by atoms with Crippen molar-refractivity contribution in [2.24, 2.45) is 4.99 Å². The van der Waals surface area contributed by atoms with Gasteiger partial charge in [0.2, 0.25) is 0 Å². The van der Waals surface area contributed by atoms with E-state index in [1.165, 1.54) is 16.9 Å². The smallest absolute Gasteiger partial charge is 0.141 e. The molecule has 0 bridgehead atoms. The molecular formula is C23H16Cl2I2N2OS. The summed E-state index contributed by atoms with van der Waals surface area (Å²) < 4.78 is 8.24. The molecule has 4 rings (SSSR count). The molecule has 1 heterocycles. The number of aliphatic imine (C=N–C) groups is 1. The zero-order chi connectivity index (χ0) is 22.0. The largest absolute Gasteiger partial charge is 0.487 e. The first-order valence-corrected chi connectivity index (χ1v) is 13.3. The fraction of sp³-hybridized carbons (Fsp3) is 0.217. The number of nitrogens with zero attached hydrogens (tertiary/aromatic N) is 2. The van der Waals surface area contributed by atoms with Crippen LogP contribution in [0.4, 0.5) is 5.00 Å². The van der Waals surface area contributed by atoms with Gasteiger partial charge >= 0.3 is 0 Å². The summed E-state index contributed by atoms with van der Waals surface area (Å²) in [5.41, 5.74) is 3.65. The highest BCUT2D eigenvalue weighted by molar-refractivity contribution is 14.1. The molecule has 1 aromatic heterocycles. The topological polar surface area (TPSA) is 45.4 Å². The van der Waals surface area contributed by atoms with Crippen molar-refractivity contribution in [2.45, 2.75) is 32.3 Å². The van der Waals surface area contributed by atoms with Crippen LogP contribution in [0.3, 0.4) is 0 Å². The van der Waals surface area contributed by atoms with E-state index in [-0.39, 0.29) is 0 Å². The standard InChI is InChI=1S/C23H16Cl2I2N2OS/c24-15-6-5-13(19(25)8-15)12-30-22-14(7-16(26)9-20(22)27)11-29-23-18(10-28)17-3-1-2-4-21(17)31-23/h5-9,11H,1-4,12H2/b29-11+. The van der Waals surface area contributed by atoms with Crippen molar-refractivity contribution in [2.75, 3.05) is 0 Å². The molecular weight excluding hydrogens is 677 g/mol. The number of halogens is 4. The van der Waals surface area contributed by atoms with E-state index in [4.69, 9.17) is 32.9 Å². The highest BCUT2D eigenvalue weighted by Gasteiger charge is 2.20. The van der Waals surface area contributed by atoms with E-state index in [9.17, 15) is 5.26 Å². The summed E-state index contributed by atoms with van der Waals surface area (Å²) in [6.45, 7) is 0.324. The average Bonchev–Trinajstić information content (AvgIpc) is 3.10. The van der Waals surface area contributed by atoms with Crippen LogP contribution in [0.15, 0.2) is 35.3 Å². The fourth-order valence-electron chi connectivity index (χ4n) is 3.50. The second-order valence-corrected chi connectivity index (χ2v) is 11.4. The Morgan fingerprint density at radius 2 is 1.97 bits per heavy atom. The molecule has 0 aliphatic heterocycles. The third kappa shape index (κ3) is 5.38. The van der Waals surface area contributed by atoms with E-state index in [0.29, 0.717) is 16.7 Å². The molecule has 2 aromatic carbocycles. The second kappa shape index (κ2) is 10.4. The summed E-state index contributed by atoms with van der Waals surface area (Å²) >= 11 is 18.5. The molecule has 158 valence electrons. The Kier molecular flexibility index (Phi) is 7.81. The van der Waals surface area contributed by atoms with Crippen LogP contribution in [0.2, 0.25) is 10.0 Å². The van der Waals surface area contributed by atoms with Gasteiger partial charge in [0, 0.05) is 35.8 Å². The van der Waals surface area contributed by atoms with Gasteiger partial charge < -0.3 is 4.74 Å². The molecule has 0 unspecified atom stereocenters. The van der Waals surface area contributed by atoms with Gasteiger partial charge in [-0.15, -0.1) is 11.3 Å². The van der Waals surface area contributed by atoms with E-state index in [1.54, 1.807) is 29.7 Å². The quantitative estimate of drug-likeness (QED) is 0.199. The number of benzene rings is 2. The van der Waals surface area contributed by atoms with Crippen LogP contribution in [0.5, 0.6) is 5.75 Å². The van der Waals surface area contributed by atoms with Gasteiger partial charge in [-0.3, -0.25) is 0 Å². The molecule has 0 amide bonds. The van der Waals surface area contributed by atoms with E-state index >= 15 is 0 Å². The first-order valence-electron chi connectivity index (χ1n) is 9.60. The Balaban J connectivity index is 1.64. The monoisotopic (exact) mass is 692 g/mol.